The molecule has 2 aliphatic carbocycles. The Morgan fingerprint density at radius 3 is 2.39 bits per heavy atom. The number of nitrogens with one attached hydrogen (secondary N) is 2. The Hall–Kier alpha value is -0.360. The number of hydrogen-bond acceptors (Lipinski definition) is 9. The van der Waals surface area contributed by atoms with Crippen molar-refractivity contribution >= 4 is 0 Å². The van der Waals surface area contributed by atoms with Crippen molar-refractivity contribution in [3.8, 4) is 0 Å². The molecule has 0 bridgehead atoms. The van der Waals surface area contributed by atoms with Crippen LogP contribution in [0.5, 0.6) is 0 Å². The first-order valence-corrected chi connectivity index (χ1v) is 11.9. The third-order valence-electron chi connectivity index (χ3n) is 7.56. The summed E-state index contributed by atoms with van der Waals surface area (Å²) in [7, 11) is 3.77. The third-order valence-corrected chi connectivity index (χ3v) is 7.56. The molecule has 9 heteroatoms. The lowest BCUT2D eigenvalue weighted by Crippen LogP contribution is -2.64. The number of hydrogen-bond donors (Lipinski definition) is 6. The summed E-state index contributed by atoms with van der Waals surface area (Å²) in [5, 5.41) is 28.1. The van der Waals surface area contributed by atoms with Gasteiger partial charge in [0.15, 0.2) is 6.29 Å². The van der Waals surface area contributed by atoms with Gasteiger partial charge in [-0.2, -0.15) is 0 Å². The van der Waals surface area contributed by atoms with Gasteiger partial charge in [0, 0.05) is 24.2 Å². The average Bonchev–Trinajstić information content (AvgIpc) is 2.74. The molecular weight excluding hydrogens is 400 g/mol. The number of rotatable bonds is 7. The summed E-state index contributed by atoms with van der Waals surface area (Å²) >= 11 is 0. The first-order valence-electron chi connectivity index (χ1n) is 11.9. The predicted octanol–water partition coefficient (Wildman–Crippen LogP) is -0.429. The Morgan fingerprint density at radius 1 is 1.06 bits per heavy atom. The van der Waals surface area contributed by atoms with E-state index in [4.69, 9.17) is 25.7 Å². The lowest BCUT2D eigenvalue weighted by molar-refractivity contribution is -0.257. The summed E-state index contributed by atoms with van der Waals surface area (Å²) in [6.45, 7) is 3.94. The lowest BCUT2D eigenvalue weighted by Gasteiger charge is -2.47. The molecule has 1 saturated heterocycles. The highest BCUT2D eigenvalue weighted by atomic mass is 16.7. The zero-order valence-electron chi connectivity index (χ0n) is 19.5. The molecule has 0 aromatic rings. The van der Waals surface area contributed by atoms with Crippen LogP contribution in [0.1, 0.15) is 58.8 Å². The van der Waals surface area contributed by atoms with E-state index in [2.05, 4.69) is 17.6 Å². The molecule has 0 aromatic carbocycles. The zero-order chi connectivity index (χ0) is 22.8. The minimum atomic E-state index is -0.931. The Morgan fingerprint density at radius 2 is 1.74 bits per heavy atom. The van der Waals surface area contributed by atoms with E-state index in [-0.39, 0.29) is 36.4 Å². The average molecular weight is 445 g/mol. The van der Waals surface area contributed by atoms with Crippen LogP contribution in [-0.2, 0) is 14.2 Å². The normalized spacial score (nSPS) is 47.8. The van der Waals surface area contributed by atoms with Crippen molar-refractivity contribution in [2.24, 2.45) is 11.5 Å². The molecule has 0 amide bonds. The molecule has 3 rings (SSSR count). The van der Waals surface area contributed by atoms with Crippen LogP contribution in [0.25, 0.3) is 0 Å². The molecule has 1 aliphatic heterocycles. The van der Waals surface area contributed by atoms with Gasteiger partial charge in [0.1, 0.15) is 18.3 Å². The zero-order valence-corrected chi connectivity index (χ0v) is 19.5. The third kappa shape index (κ3) is 5.96. The van der Waals surface area contributed by atoms with Crippen molar-refractivity contribution in [1.82, 2.24) is 10.6 Å². The standard InChI is InChI=1S/C22H44N4O5/c1-12(25-3)16-6-5-7-18(30-16)31-21-15(24)11-14(23)20(19(21)27)29-13-8-9-22(2,28)17(10-13)26-4/h12-21,25-28H,5-11,23-24H2,1-4H3. The molecule has 2 saturated carbocycles. The van der Waals surface area contributed by atoms with Gasteiger partial charge in [-0.05, 0) is 72.9 Å². The maximum absolute atomic E-state index is 11.1. The van der Waals surface area contributed by atoms with Crippen molar-refractivity contribution in [3.63, 3.8) is 0 Å². The van der Waals surface area contributed by atoms with E-state index >= 15 is 0 Å². The van der Waals surface area contributed by atoms with Crippen molar-refractivity contribution in [3.05, 3.63) is 0 Å². The highest BCUT2D eigenvalue weighted by Crippen LogP contribution is 2.34. The quantitative estimate of drug-likeness (QED) is 0.308. The van der Waals surface area contributed by atoms with Crippen LogP contribution in [0.3, 0.4) is 0 Å². The molecule has 1 heterocycles. The van der Waals surface area contributed by atoms with Crippen LogP contribution in [0.4, 0.5) is 0 Å². The number of aliphatic hydroxyl groups excluding tert-OH is 1. The minimum absolute atomic E-state index is 0.0701. The lowest BCUT2D eigenvalue weighted by atomic mass is 9.79. The van der Waals surface area contributed by atoms with Crippen LogP contribution in [0, 0.1) is 0 Å². The molecule has 8 N–H and O–H groups in total. The van der Waals surface area contributed by atoms with Crippen molar-refractivity contribution in [1.29, 1.82) is 0 Å². The van der Waals surface area contributed by atoms with Crippen LogP contribution < -0.4 is 22.1 Å². The van der Waals surface area contributed by atoms with Crippen LogP contribution in [0.15, 0.2) is 0 Å². The number of likely N-dealkylation sites (N-methyl/N-ethyl adjacent to an activating group) is 2. The summed E-state index contributed by atoms with van der Waals surface area (Å²) < 4.78 is 18.7. The fourth-order valence-corrected chi connectivity index (χ4v) is 5.32. The first kappa shape index (κ1) is 25.3. The Kier molecular flexibility index (Phi) is 8.73. The summed E-state index contributed by atoms with van der Waals surface area (Å²) in [5.41, 5.74) is 11.9. The molecule has 11 atom stereocenters. The largest absolute Gasteiger partial charge is 0.389 e. The molecule has 0 spiro atoms. The van der Waals surface area contributed by atoms with Crippen LogP contribution in [-0.4, -0.2) is 90.9 Å². The van der Waals surface area contributed by atoms with Crippen molar-refractivity contribution in [2.45, 2.75) is 125 Å². The number of aliphatic hydroxyl groups is 2. The Balaban J connectivity index is 1.61. The van der Waals surface area contributed by atoms with E-state index < -0.39 is 30.2 Å². The fourth-order valence-electron chi connectivity index (χ4n) is 5.32. The summed E-state index contributed by atoms with van der Waals surface area (Å²) in [4.78, 5) is 0. The topological polar surface area (TPSA) is 144 Å². The highest BCUT2D eigenvalue weighted by molar-refractivity contribution is 5.01. The second kappa shape index (κ2) is 10.7. The molecule has 9 nitrogen and oxygen atoms in total. The summed E-state index contributed by atoms with van der Waals surface area (Å²) in [5.74, 6) is 0. The van der Waals surface area contributed by atoms with Gasteiger partial charge < -0.3 is 46.5 Å². The SMILES string of the molecule is CNC(C)C1CCCC(OC2C(N)CC(N)C(OC3CCC(C)(O)C(NC)C3)C2O)O1. The van der Waals surface area contributed by atoms with Gasteiger partial charge in [-0.1, -0.05) is 0 Å². The van der Waals surface area contributed by atoms with Crippen LogP contribution >= 0.6 is 0 Å². The summed E-state index contributed by atoms with van der Waals surface area (Å²) in [6, 6.07) is -0.596. The monoisotopic (exact) mass is 444 g/mol. The smallest absolute Gasteiger partial charge is 0.158 e. The van der Waals surface area contributed by atoms with Gasteiger partial charge in [-0.25, -0.2) is 0 Å². The Bertz CT molecular complexity index is 568. The van der Waals surface area contributed by atoms with E-state index in [1.54, 1.807) is 0 Å². The molecule has 31 heavy (non-hydrogen) atoms. The molecule has 3 fully saturated rings. The molecule has 0 radical (unpaired) electrons. The van der Waals surface area contributed by atoms with E-state index in [0.29, 0.717) is 25.7 Å². The van der Waals surface area contributed by atoms with E-state index in [0.717, 1.165) is 19.3 Å². The van der Waals surface area contributed by atoms with E-state index in [1.807, 2.05) is 21.0 Å². The fraction of sp³-hybridized carbons (Fsp3) is 1.00. The van der Waals surface area contributed by atoms with E-state index in [9.17, 15) is 10.2 Å². The van der Waals surface area contributed by atoms with Gasteiger partial charge in [0.2, 0.25) is 0 Å². The second-order valence-electron chi connectivity index (χ2n) is 9.96. The molecular formula is C22H44N4O5. The number of nitrogens with two attached hydrogens (primary N) is 2. The van der Waals surface area contributed by atoms with Gasteiger partial charge in [0.05, 0.1) is 17.8 Å². The first-order chi connectivity index (χ1) is 14.7. The Labute approximate surface area is 186 Å². The van der Waals surface area contributed by atoms with Crippen molar-refractivity contribution < 1.29 is 24.4 Å². The second-order valence-corrected chi connectivity index (χ2v) is 9.96. The molecule has 182 valence electrons. The van der Waals surface area contributed by atoms with E-state index in [1.165, 1.54) is 0 Å². The summed E-state index contributed by atoms with van der Waals surface area (Å²) in [6.07, 6.45) is 2.78. The van der Waals surface area contributed by atoms with Gasteiger partial charge in [0.25, 0.3) is 0 Å². The van der Waals surface area contributed by atoms with Crippen LogP contribution in [0.2, 0.25) is 0 Å². The van der Waals surface area contributed by atoms with Crippen molar-refractivity contribution in [2.75, 3.05) is 14.1 Å². The highest BCUT2D eigenvalue weighted by Gasteiger charge is 2.47. The molecule has 11 unspecified atom stereocenters. The maximum Gasteiger partial charge on any atom is 0.158 e. The molecule has 3 aliphatic rings. The minimum Gasteiger partial charge on any atom is -0.389 e. The van der Waals surface area contributed by atoms with Gasteiger partial charge >= 0.3 is 0 Å². The number of ether oxygens (including phenoxy) is 3. The molecule has 0 aromatic heterocycles. The van der Waals surface area contributed by atoms with Gasteiger partial charge in [-0.15, -0.1) is 0 Å². The maximum atomic E-state index is 11.1. The predicted molar refractivity (Wildman–Crippen MR) is 118 cm³/mol. The van der Waals surface area contributed by atoms with Gasteiger partial charge in [-0.3, -0.25) is 0 Å².